The van der Waals surface area contributed by atoms with E-state index in [0.29, 0.717) is 5.56 Å². The topological polar surface area (TPSA) is 0 Å². The summed E-state index contributed by atoms with van der Waals surface area (Å²) in [6.07, 6.45) is 0.852. The highest BCUT2D eigenvalue weighted by Crippen LogP contribution is 2.46. The monoisotopic (exact) mass is 250 g/mol. The molecule has 1 aliphatic carbocycles. The van der Waals surface area contributed by atoms with Gasteiger partial charge >= 0.3 is 0 Å². The van der Waals surface area contributed by atoms with E-state index in [4.69, 9.17) is 0 Å². The van der Waals surface area contributed by atoms with E-state index in [1.54, 1.807) is 0 Å². The Hall–Kier alpha value is -0.510. The molecule has 13 heavy (non-hydrogen) atoms. The largest absolute Gasteiger partial charge is 0.204 e. The number of rotatable bonds is 1. The minimum absolute atomic E-state index is 0.129. The molecular formula is C9H6BrF3. The predicted octanol–water partition coefficient (Wildman–Crippen LogP) is 3.35. The van der Waals surface area contributed by atoms with Crippen LogP contribution >= 0.6 is 15.9 Å². The molecule has 0 bridgehead atoms. The van der Waals surface area contributed by atoms with Crippen LogP contribution in [0.5, 0.6) is 0 Å². The summed E-state index contributed by atoms with van der Waals surface area (Å²) in [4.78, 5) is 0.275. The van der Waals surface area contributed by atoms with Crippen molar-refractivity contribution in [1.29, 1.82) is 0 Å². The molecule has 1 aromatic carbocycles. The zero-order valence-electron chi connectivity index (χ0n) is 6.53. The van der Waals surface area contributed by atoms with Crippen LogP contribution in [0.15, 0.2) is 12.1 Å². The number of benzene rings is 1. The van der Waals surface area contributed by atoms with Gasteiger partial charge in [0.25, 0.3) is 0 Å². The van der Waals surface area contributed by atoms with Crippen LogP contribution in [0.2, 0.25) is 0 Å². The molecule has 0 spiro atoms. The van der Waals surface area contributed by atoms with Gasteiger partial charge in [0.2, 0.25) is 0 Å². The first kappa shape index (κ1) is 9.06. The highest BCUT2D eigenvalue weighted by atomic mass is 79.9. The van der Waals surface area contributed by atoms with Gasteiger partial charge in [-0.2, -0.15) is 0 Å². The summed E-state index contributed by atoms with van der Waals surface area (Å²) in [5.74, 6) is -3.48. The summed E-state index contributed by atoms with van der Waals surface area (Å²) >= 11 is 3.31. The van der Waals surface area contributed by atoms with Crippen molar-refractivity contribution in [2.75, 3.05) is 0 Å². The van der Waals surface area contributed by atoms with Crippen LogP contribution in [0.25, 0.3) is 0 Å². The first-order valence-corrected chi connectivity index (χ1v) is 4.79. The summed E-state index contributed by atoms with van der Waals surface area (Å²) in [7, 11) is 0. The van der Waals surface area contributed by atoms with Gasteiger partial charge in [0.1, 0.15) is 0 Å². The second-order valence-electron chi connectivity index (χ2n) is 3.16. The lowest BCUT2D eigenvalue weighted by atomic mass is 10.1. The number of hydrogen-bond donors (Lipinski definition) is 0. The molecule has 0 aromatic heterocycles. The fraction of sp³-hybridized carbons (Fsp3) is 0.333. The normalized spacial score (nSPS) is 26.2. The van der Waals surface area contributed by atoms with E-state index in [-0.39, 0.29) is 10.7 Å². The molecule has 0 N–H and O–H groups in total. The van der Waals surface area contributed by atoms with E-state index < -0.39 is 17.5 Å². The molecule has 2 atom stereocenters. The SMILES string of the molecule is Fc1cc(C2CC2Br)cc(F)c1F. The van der Waals surface area contributed by atoms with Crippen LogP contribution in [-0.4, -0.2) is 4.83 Å². The molecule has 0 saturated heterocycles. The van der Waals surface area contributed by atoms with Crippen LogP contribution < -0.4 is 0 Å². The molecule has 1 aliphatic rings. The Morgan fingerprint density at radius 2 is 1.62 bits per heavy atom. The molecule has 0 heterocycles. The fourth-order valence-corrected chi connectivity index (χ4v) is 2.01. The van der Waals surface area contributed by atoms with Gasteiger partial charge in [0, 0.05) is 4.83 Å². The van der Waals surface area contributed by atoms with Gasteiger partial charge in [0.05, 0.1) is 0 Å². The highest BCUT2D eigenvalue weighted by Gasteiger charge is 2.36. The summed E-state index contributed by atoms with van der Waals surface area (Å²) in [5.41, 5.74) is 0.526. The van der Waals surface area contributed by atoms with Crippen LogP contribution in [0.3, 0.4) is 0 Å². The maximum Gasteiger partial charge on any atom is 0.194 e. The van der Waals surface area contributed by atoms with E-state index in [9.17, 15) is 13.2 Å². The van der Waals surface area contributed by atoms with Gasteiger partial charge in [-0.05, 0) is 30.0 Å². The third kappa shape index (κ3) is 1.59. The maximum absolute atomic E-state index is 12.7. The molecular weight excluding hydrogens is 245 g/mol. The average Bonchev–Trinajstić information content (AvgIpc) is 2.77. The minimum atomic E-state index is -1.39. The van der Waals surface area contributed by atoms with Gasteiger partial charge in [-0.25, -0.2) is 13.2 Å². The molecule has 1 aromatic rings. The Balaban J connectivity index is 2.39. The smallest absolute Gasteiger partial charge is 0.194 e. The Morgan fingerprint density at radius 3 is 2.00 bits per heavy atom. The van der Waals surface area contributed by atoms with Crippen LogP contribution in [0.1, 0.15) is 17.9 Å². The van der Waals surface area contributed by atoms with Crippen molar-refractivity contribution < 1.29 is 13.2 Å². The molecule has 1 saturated carbocycles. The Bertz CT molecular complexity index is 328. The van der Waals surface area contributed by atoms with E-state index in [2.05, 4.69) is 15.9 Å². The average molecular weight is 251 g/mol. The second-order valence-corrected chi connectivity index (χ2v) is 4.33. The third-order valence-electron chi connectivity index (χ3n) is 2.15. The zero-order valence-corrected chi connectivity index (χ0v) is 8.11. The molecule has 0 aliphatic heterocycles. The van der Waals surface area contributed by atoms with Gasteiger partial charge in [0.15, 0.2) is 17.5 Å². The molecule has 2 unspecified atom stereocenters. The Kier molecular flexibility index (Phi) is 2.10. The van der Waals surface area contributed by atoms with Crippen molar-refractivity contribution in [2.24, 2.45) is 0 Å². The predicted molar refractivity (Wildman–Crippen MR) is 46.4 cm³/mol. The second kappa shape index (κ2) is 3.01. The van der Waals surface area contributed by atoms with Crippen molar-refractivity contribution in [1.82, 2.24) is 0 Å². The van der Waals surface area contributed by atoms with Gasteiger partial charge in [-0.3, -0.25) is 0 Å². The zero-order chi connectivity index (χ0) is 9.59. The van der Waals surface area contributed by atoms with Crippen LogP contribution in [0, 0.1) is 17.5 Å². The van der Waals surface area contributed by atoms with Crippen molar-refractivity contribution in [3.8, 4) is 0 Å². The Labute approximate surface area is 81.9 Å². The molecule has 70 valence electrons. The summed E-state index contributed by atoms with van der Waals surface area (Å²) in [6, 6.07) is 2.12. The lowest BCUT2D eigenvalue weighted by molar-refractivity contribution is 0.445. The molecule has 1 fully saturated rings. The molecule has 0 amide bonds. The van der Waals surface area contributed by atoms with E-state index in [1.165, 1.54) is 0 Å². The van der Waals surface area contributed by atoms with E-state index >= 15 is 0 Å². The first-order valence-electron chi connectivity index (χ1n) is 3.88. The van der Waals surface area contributed by atoms with Gasteiger partial charge in [-0.15, -0.1) is 0 Å². The van der Waals surface area contributed by atoms with Crippen molar-refractivity contribution in [3.05, 3.63) is 35.1 Å². The van der Waals surface area contributed by atoms with Gasteiger partial charge in [-0.1, -0.05) is 15.9 Å². The van der Waals surface area contributed by atoms with Crippen molar-refractivity contribution in [3.63, 3.8) is 0 Å². The third-order valence-corrected chi connectivity index (χ3v) is 3.16. The first-order chi connectivity index (χ1) is 6.09. The number of hydrogen-bond acceptors (Lipinski definition) is 0. The van der Waals surface area contributed by atoms with Crippen LogP contribution in [-0.2, 0) is 0 Å². The fourth-order valence-electron chi connectivity index (χ4n) is 1.30. The molecule has 0 radical (unpaired) electrons. The standard InChI is InChI=1S/C9H6BrF3/c10-6-3-5(6)4-1-7(11)9(13)8(12)2-4/h1-2,5-6H,3H2. The number of alkyl halides is 1. The molecule has 4 heteroatoms. The lowest BCUT2D eigenvalue weighted by Crippen LogP contribution is -1.94. The van der Waals surface area contributed by atoms with E-state index in [1.807, 2.05) is 0 Å². The van der Waals surface area contributed by atoms with E-state index in [0.717, 1.165) is 18.6 Å². The lowest BCUT2D eigenvalue weighted by Gasteiger charge is -2.00. The highest BCUT2D eigenvalue weighted by molar-refractivity contribution is 9.09. The number of halogens is 4. The summed E-state index contributed by atoms with van der Waals surface area (Å²) < 4.78 is 38.0. The van der Waals surface area contributed by atoms with Crippen molar-refractivity contribution >= 4 is 15.9 Å². The minimum Gasteiger partial charge on any atom is -0.204 e. The quantitative estimate of drug-likeness (QED) is 0.530. The summed E-state index contributed by atoms with van der Waals surface area (Å²) in [5, 5.41) is 0. The van der Waals surface area contributed by atoms with Crippen molar-refractivity contribution in [2.45, 2.75) is 17.2 Å². The van der Waals surface area contributed by atoms with Gasteiger partial charge < -0.3 is 0 Å². The maximum atomic E-state index is 12.7. The molecule has 0 nitrogen and oxygen atoms in total. The Morgan fingerprint density at radius 1 is 1.15 bits per heavy atom. The van der Waals surface area contributed by atoms with Crippen LogP contribution in [0.4, 0.5) is 13.2 Å². The molecule has 2 rings (SSSR count). The summed E-state index contributed by atoms with van der Waals surface area (Å²) in [6.45, 7) is 0.